The van der Waals surface area contributed by atoms with Gasteiger partial charge in [-0.1, -0.05) is 42.5 Å². The molecule has 1 aromatic carbocycles. The van der Waals surface area contributed by atoms with Crippen LogP contribution in [0.1, 0.15) is 31.2 Å². The van der Waals surface area contributed by atoms with Crippen molar-refractivity contribution in [3.8, 4) is 0 Å². The molecule has 1 aromatic rings. The zero-order valence-corrected chi connectivity index (χ0v) is 12.8. The predicted octanol–water partition coefficient (Wildman–Crippen LogP) is 3.32. The van der Waals surface area contributed by atoms with E-state index >= 15 is 0 Å². The highest BCUT2D eigenvalue weighted by Gasteiger charge is 2.40. The molecule has 0 bridgehead atoms. The fourth-order valence-electron chi connectivity index (χ4n) is 3.34. The monoisotopic (exact) mass is 287 g/mol. The molecule has 1 aliphatic carbocycles. The summed E-state index contributed by atoms with van der Waals surface area (Å²) in [6.07, 6.45) is 8.84. The average molecular weight is 287 g/mol. The van der Waals surface area contributed by atoms with Gasteiger partial charge in [-0.05, 0) is 25.5 Å². The second kappa shape index (κ2) is 6.73. The molecule has 0 aromatic heterocycles. The lowest BCUT2D eigenvalue weighted by Crippen LogP contribution is -2.42. The van der Waals surface area contributed by atoms with Gasteiger partial charge >= 0.3 is 0 Å². The molecule has 0 N–H and O–H groups in total. The Labute approximate surface area is 127 Å². The van der Waals surface area contributed by atoms with Gasteiger partial charge in [0, 0.05) is 25.4 Å². The summed E-state index contributed by atoms with van der Waals surface area (Å²) in [4.78, 5) is 2.45. The smallest absolute Gasteiger partial charge is 0.168 e. The molecule has 21 heavy (non-hydrogen) atoms. The second-order valence-electron chi connectivity index (χ2n) is 6.09. The Morgan fingerprint density at radius 3 is 2.48 bits per heavy atom. The summed E-state index contributed by atoms with van der Waals surface area (Å²) in [6.45, 7) is 2.52. The number of nitrogens with zero attached hydrogens (tertiary/aromatic N) is 1. The fraction of sp³-hybridized carbons (Fsp3) is 0.556. The van der Waals surface area contributed by atoms with E-state index in [1.165, 1.54) is 5.56 Å². The Balaban J connectivity index is 1.46. The summed E-state index contributed by atoms with van der Waals surface area (Å²) in [5, 5.41) is 0. The third kappa shape index (κ3) is 3.73. The van der Waals surface area contributed by atoms with Crippen molar-refractivity contribution < 1.29 is 9.47 Å². The number of rotatable bonds is 4. The van der Waals surface area contributed by atoms with Crippen molar-refractivity contribution in [2.75, 3.05) is 26.8 Å². The molecule has 1 spiro atoms. The lowest BCUT2D eigenvalue weighted by molar-refractivity contribution is -0.183. The van der Waals surface area contributed by atoms with Gasteiger partial charge in [-0.3, -0.25) is 4.90 Å². The highest BCUT2D eigenvalue weighted by molar-refractivity contribution is 5.48. The van der Waals surface area contributed by atoms with Crippen molar-refractivity contribution in [1.29, 1.82) is 0 Å². The maximum Gasteiger partial charge on any atom is 0.168 e. The number of likely N-dealkylation sites (N-methyl/N-ethyl adjacent to an activating group) is 1. The zero-order chi connectivity index (χ0) is 14.5. The lowest BCUT2D eigenvalue weighted by Gasteiger charge is -2.38. The predicted molar refractivity (Wildman–Crippen MR) is 85.0 cm³/mol. The van der Waals surface area contributed by atoms with Crippen LogP contribution >= 0.6 is 0 Å². The molecule has 0 radical (unpaired) electrons. The van der Waals surface area contributed by atoms with Crippen molar-refractivity contribution in [2.24, 2.45) is 0 Å². The first-order valence-corrected chi connectivity index (χ1v) is 7.97. The van der Waals surface area contributed by atoms with Crippen LogP contribution < -0.4 is 0 Å². The van der Waals surface area contributed by atoms with Gasteiger partial charge in [-0.25, -0.2) is 0 Å². The number of hydrogen-bond acceptors (Lipinski definition) is 3. The molecule has 3 heteroatoms. The van der Waals surface area contributed by atoms with Gasteiger partial charge < -0.3 is 9.47 Å². The van der Waals surface area contributed by atoms with E-state index in [2.05, 4.69) is 54.4 Å². The quantitative estimate of drug-likeness (QED) is 0.848. The Bertz CT molecular complexity index is 455. The zero-order valence-electron chi connectivity index (χ0n) is 12.8. The van der Waals surface area contributed by atoms with Gasteiger partial charge in [0.05, 0.1) is 13.2 Å². The van der Waals surface area contributed by atoms with Gasteiger partial charge in [-0.2, -0.15) is 0 Å². The summed E-state index contributed by atoms with van der Waals surface area (Å²) in [6, 6.07) is 11.1. The third-order valence-electron chi connectivity index (χ3n) is 4.66. The van der Waals surface area contributed by atoms with Crippen LogP contribution in [0.5, 0.6) is 0 Å². The largest absolute Gasteiger partial charge is 0.348 e. The van der Waals surface area contributed by atoms with E-state index in [4.69, 9.17) is 9.47 Å². The molecule has 1 saturated heterocycles. The van der Waals surface area contributed by atoms with Gasteiger partial charge in [0.25, 0.3) is 0 Å². The van der Waals surface area contributed by atoms with Crippen molar-refractivity contribution >= 4 is 6.08 Å². The van der Waals surface area contributed by atoms with E-state index in [0.717, 1.165) is 45.4 Å². The highest BCUT2D eigenvalue weighted by Crippen LogP contribution is 2.36. The Hall–Kier alpha value is -1.16. The molecule has 0 atom stereocenters. The molecule has 114 valence electrons. The SMILES string of the molecule is CN(CC=Cc1ccccc1)C1CCC2(CC1)OCCO2. The topological polar surface area (TPSA) is 21.7 Å². The molecule has 1 saturated carbocycles. The molecule has 1 aliphatic heterocycles. The molecule has 1 heterocycles. The minimum absolute atomic E-state index is 0.239. The first kappa shape index (κ1) is 14.8. The van der Waals surface area contributed by atoms with Crippen molar-refractivity contribution in [1.82, 2.24) is 4.90 Å². The van der Waals surface area contributed by atoms with Gasteiger partial charge in [-0.15, -0.1) is 0 Å². The maximum absolute atomic E-state index is 5.79. The molecular weight excluding hydrogens is 262 g/mol. The van der Waals surface area contributed by atoms with Crippen LogP contribution in [-0.4, -0.2) is 43.5 Å². The molecular formula is C18H25NO2. The van der Waals surface area contributed by atoms with E-state index in [1.807, 2.05) is 0 Å². The molecule has 0 amide bonds. The van der Waals surface area contributed by atoms with Crippen LogP contribution in [0.15, 0.2) is 36.4 Å². The Kier molecular flexibility index (Phi) is 4.73. The van der Waals surface area contributed by atoms with Crippen molar-refractivity contribution in [3.63, 3.8) is 0 Å². The standard InChI is InChI=1S/C18H25NO2/c1-19(13-5-8-16-6-3-2-4-7-16)17-9-11-18(12-10-17)20-14-15-21-18/h2-8,17H,9-15H2,1H3. The number of ether oxygens (including phenoxy) is 2. The normalized spacial score (nSPS) is 22.6. The van der Waals surface area contributed by atoms with Crippen LogP contribution in [-0.2, 0) is 9.47 Å². The summed E-state index contributed by atoms with van der Waals surface area (Å²) >= 11 is 0. The van der Waals surface area contributed by atoms with Crippen LogP contribution in [0.2, 0.25) is 0 Å². The first-order chi connectivity index (χ1) is 10.3. The van der Waals surface area contributed by atoms with E-state index in [0.29, 0.717) is 6.04 Å². The average Bonchev–Trinajstić information content (AvgIpc) is 2.97. The van der Waals surface area contributed by atoms with E-state index in [-0.39, 0.29) is 5.79 Å². The van der Waals surface area contributed by atoms with Crippen LogP contribution in [0.25, 0.3) is 6.08 Å². The van der Waals surface area contributed by atoms with E-state index < -0.39 is 0 Å². The Morgan fingerprint density at radius 2 is 1.81 bits per heavy atom. The Morgan fingerprint density at radius 1 is 1.14 bits per heavy atom. The molecule has 3 rings (SSSR count). The van der Waals surface area contributed by atoms with E-state index in [9.17, 15) is 0 Å². The molecule has 2 fully saturated rings. The second-order valence-corrected chi connectivity index (χ2v) is 6.09. The third-order valence-corrected chi connectivity index (χ3v) is 4.66. The minimum atomic E-state index is -0.239. The first-order valence-electron chi connectivity index (χ1n) is 7.97. The number of hydrogen-bond donors (Lipinski definition) is 0. The van der Waals surface area contributed by atoms with Gasteiger partial charge in [0.1, 0.15) is 0 Å². The minimum Gasteiger partial charge on any atom is -0.348 e. The van der Waals surface area contributed by atoms with Crippen molar-refractivity contribution in [3.05, 3.63) is 42.0 Å². The summed E-state index contributed by atoms with van der Waals surface area (Å²) < 4.78 is 11.6. The van der Waals surface area contributed by atoms with E-state index in [1.54, 1.807) is 0 Å². The summed E-state index contributed by atoms with van der Waals surface area (Å²) in [5.74, 6) is -0.239. The van der Waals surface area contributed by atoms with Crippen LogP contribution in [0.4, 0.5) is 0 Å². The van der Waals surface area contributed by atoms with Gasteiger partial charge in [0.2, 0.25) is 0 Å². The maximum atomic E-state index is 5.79. The molecule has 0 unspecified atom stereocenters. The lowest BCUT2D eigenvalue weighted by atomic mass is 9.89. The summed E-state index contributed by atoms with van der Waals surface area (Å²) in [5.41, 5.74) is 1.27. The molecule has 2 aliphatic rings. The fourth-order valence-corrected chi connectivity index (χ4v) is 3.34. The van der Waals surface area contributed by atoms with Crippen LogP contribution in [0, 0.1) is 0 Å². The van der Waals surface area contributed by atoms with Crippen molar-refractivity contribution in [2.45, 2.75) is 37.5 Å². The summed E-state index contributed by atoms with van der Waals surface area (Å²) in [7, 11) is 2.22. The van der Waals surface area contributed by atoms with Gasteiger partial charge in [0.15, 0.2) is 5.79 Å². The van der Waals surface area contributed by atoms with Crippen LogP contribution in [0.3, 0.4) is 0 Å². The molecule has 3 nitrogen and oxygen atoms in total. The number of benzene rings is 1. The highest BCUT2D eigenvalue weighted by atomic mass is 16.7.